The molecule has 0 fully saturated rings. The fourth-order valence-electron chi connectivity index (χ4n) is 13.3. The summed E-state index contributed by atoms with van der Waals surface area (Å²) in [6, 6.07) is 32.8. The van der Waals surface area contributed by atoms with Crippen molar-refractivity contribution in [2.24, 2.45) is 0 Å². The number of hydrogen-bond acceptors (Lipinski definition) is 12. The Morgan fingerprint density at radius 2 is 0.588 bits per heavy atom. The van der Waals surface area contributed by atoms with Crippen LogP contribution < -0.4 is 0 Å². The van der Waals surface area contributed by atoms with Gasteiger partial charge in [0.05, 0.1) is 0 Å². The molecule has 8 rings (SSSR count). The third-order valence-corrected chi connectivity index (χ3v) is 32.2. The van der Waals surface area contributed by atoms with Crippen LogP contribution in [0.15, 0.2) is 83.9 Å². The Morgan fingerprint density at radius 1 is 0.324 bits per heavy atom. The third kappa shape index (κ3) is 27.1. The molecule has 0 spiro atoms. The van der Waals surface area contributed by atoms with Crippen molar-refractivity contribution in [2.75, 3.05) is 13.2 Å². The van der Waals surface area contributed by atoms with E-state index in [9.17, 15) is 20.1 Å². The summed E-state index contributed by atoms with van der Waals surface area (Å²) in [7, 11) is 0. The minimum absolute atomic E-state index is 0.0406. The van der Waals surface area contributed by atoms with Crippen molar-refractivity contribution < 1.29 is 19.1 Å². The number of nitriles is 2. The fourth-order valence-corrected chi connectivity index (χ4v) is 25.2. The van der Waals surface area contributed by atoms with Crippen molar-refractivity contribution >= 4 is 121 Å². The van der Waals surface area contributed by atoms with E-state index in [1.807, 2.05) is 68.0 Å². The van der Waals surface area contributed by atoms with Crippen LogP contribution in [0.4, 0.5) is 0 Å². The number of ether oxygens (including phenoxy) is 2. The molecule has 0 N–H and O–H groups in total. The Labute approximate surface area is 651 Å². The Kier molecular flexibility index (Phi) is 39.2. The van der Waals surface area contributed by atoms with Gasteiger partial charge in [-0.1, -0.05) is 53.4 Å². The van der Waals surface area contributed by atoms with E-state index in [4.69, 9.17) is 9.47 Å². The zero-order valence-corrected chi connectivity index (χ0v) is 70.9. The molecule has 8 aromatic heterocycles. The summed E-state index contributed by atoms with van der Waals surface area (Å²) in [4.78, 5) is 42.7. The van der Waals surface area contributed by atoms with E-state index in [0.29, 0.717) is 13.2 Å². The molecule has 0 bridgehead atoms. The average Bonchev–Trinajstić information content (AvgIpc) is 1.63. The quantitative estimate of drug-likeness (QED) is 0.0124. The summed E-state index contributed by atoms with van der Waals surface area (Å²) in [6.07, 6.45) is 51.6. The van der Waals surface area contributed by atoms with E-state index >= 15 is 0 Å². The van der Waals surface area contributed by atoms with Crippen LogP contribution in [0.2, 0.25) is 0 Å². The van der Waals surface area contributed by atoms with Crippen LogP contribution in [-0.2, 0) is 44.7 Å². The van der Waals surface area contributed by atoms with Crippen molar-refractivity contribution in [3.8, 4) is 79.5 Å². The Hall–Kier alpha value is -4.40. The van der Waals surface area contributed by atoms with Gasteiger partial charge >= 0.3 is 604 Å². The van der Waals surface area contributed by atoms with Gasteiger partial charge in [0.15, 0.2) is 0 Å². The van der Waals surface area contributed by atoms with E-state index in [1.165, 1.54) is 282 Å². The maximum atomic E-state index is 13.1. The Bertz CT molecular complexity index is 3640. The number of carbonyl (C=O) groups excluding carboxylic acids is 2. The summed E-state index contributed by atoms with van der Waals surface area (Å²) in [5, 5.41) is 20.2. The number of thiophene rings is 6. The monoisotopic (exact) mass is 1620 g/mol. The van der Waals surface area contributed by atoms with Crippen LogP contribution in [0.25, 0.3) is 79.6 Å². The molecule has 0 saturated heterocycles. The number of aryl methyl sites for hydroxylation is 4. The molecule has 6 nitrogen and oxygen atoms in total. The predicted molar refractivity (Wildman–Crippen MR) is 450 cm³/mol. The summed E-state index contributed by atoms with van der Waals surface area (Å²) in [6.45, 7) is 14.4. The molecule has 0 aliphatic carbocycles. The average molecular weight is 1620 g/mol. The van der Waals surface area contributed by atoms with Gasteiger partial charge in [0, 0.05) is 0 Å². The number of hydrogen-bond donors (Lipinski definition) is 0. The van der Waals surface area contributed by atoms with Gasteiger partial charge in [0.2, 0.25) is 0 Å². The van der Waals surface area contributed by atoms with Gasteiger partial charge in [-0.05, 0) is 0 Å². The second kappa shape index (κ2) is 48.0. The molecule has 8 heterocycles. The first kappa shape index (κ1) is 83.2. The van der Waals surface area contributed by atoms with Crippen LogP contribution in [-0.4, -0.2) is 54.2 Å². The molecule has 0 radical (unpaired) electrons. The van der Waals surface area contributed by atoms with Crippen molar-refractivity contribution in [3.63, 3.8) is 0 Å². The molecule has 0 aliphatic heterocycles. The van der Waals surface area contributed by atoms with Crippen LogP contribution >= 0.6 is 68.0 Å². The van der Waals surface area contributed by atoms with E-state index < -0.39 is 11.9 Å². The molecule has 0 aromatic carbocycles. The van der Waals surface area contributed by atoms with Gasteiger partial charge in [-0.2, -0.15) is 0 Å². The molecule has 0 unspecified atom stereocenters. The number of rotatable bonds is 53. The number of nitrogens with zero attached hydrogens (tertiary/aromatic N) is 2. The first-order valence-electron chi connectivity index (χ1n) is 39.6. The molecule has 14 heteroatoms. The molecule has 8 aromatic rings. The SMILES string of the molecule is CCCCCCCCOC(=O)/C(C#N)=C/c1ccc(-c2cc(CCCCCCCC)c(-c3cc(CCCCCCCC)c(-c4ccc(-c5ccc(-c6sc(-c7sc(-c8ccc(/C=C(\C#N)C(=O)OCCCCCCCC)[se]8)cc7CCCCCCCC)cc6CCCCCCCC)s5)s4)s3)s2)[se]1. The zero-order chi connectivity index (χ0) is 71.9. The van der Waals surface area contributed by atoms with Crippen LogP contribution in [0, 0.1) is 22.7 Å². The minimum atomic E-state index is -0.507. The molecule has 0 aliphatic rings. The predicted octanol–water partition coefficient (Wildman–Crippen LogP) is 29.1. The Morgan fingerprint density at radius 3 is 0.902 bits per heavy atom. The summed E-state index contributed by atoms with van der Waals surface area (Å²) >= 11 is 11.8. The van der Waals surface area contributed by atoms with Crippen LogP contribution in [0.5, 0.6) is 0 Å². The van der Waals surface area contributed by atoms with Gasteiger partial charge < -0.3 is 0 Å². The molecule has 0 atom stereocenters. The summed E-state index contributed by atoms with van der Waals surface area (Å²) in [5.41, 5.74) is 6.07. The van der Waals surface area contributed by atoms with Crippen molar-refractivity contribution in [2.45, 2.75) is 298 Å². The number of carbonyl (C=O) groups is 2. The van der Waals surface area contributed by atoms with E-state index in [2.05, 4.69) is 126 Å². The first-order valence-corrected chi connectivity index (χ1v) is 47.9. The topological polar surface area (TPSA) is 100 Å². The molecule has 550 valence electrons. The number of esters is 2. The molecule has 102 heavy (non-hydrogen) atoms. The third-order valence-electron chi connectivity index (χ3n) is 19.2. The zero-order valence-electron chi connectivity index (χ0n) is 62.6. The van der Waals surface area contributed by atoms with E-state index in [1.54, 1.807) is 12.2 Å². The van der Waals surface area contributed by atoms with Gasteiger partial charge in [0.25, 0.3) is 0 Å². The van der Waals surface area contributed by atoms with Gasteiger partial charge in [0.1, 0.15) is 0 Å². The van der Waals surface area contributed by atoms with Crippen LogP contribution in [0.3, 0.4) is 0 Å². The normalized spacial score (nSPS) is 11.9. The van der Waals surface area contributed by atoms with E-state index in [0.717, 1.165) is 73.1 Å². The molecular formula is C88H116N2O4S6Se2. The number of unbranched alkanes of at least 4 members (excludes halogenated alkanes) is 30. The van der Waals surface area contributed by atoms with Gasteiger partial charge in [-0.15, -0.1) is 0 Å². The molecule has 0 saturated carbocycles. The van der Waals surface area contributed by atoms with Gasteiger partial charge in [-0.25, -0.2) is 0 Å². The van der Waals surface area contributed by atoms with Crippen molar-refractivity contribution in [3.05, 3.63) is 115 Å². The van der Waals surface area contributed by atoms with E-state index in [-0.39, 0.29) is 40.2 Å². The fraction of sp³-hybridized carbons (Fsp3) is 0.545. The van der Waals surface area contributed by atoms with Crippen molar-refractivity contribution in [1.29, 1.82) is 10.5 Å². The summed E-state index contributed by atoms with van der Waals surface area (Å²) in [5.74, 6) is -1.01. The maximum absolute atomic E-state index is 13.1. The molecule has 0 amide bonds. The summed E-state index contributed by atoms with van der Waals surface area (Å²) < 4.78 is 15.9. The standard InChI is InChI=1S/C88H116N2O4S6Se2/c1-7-13-19-25-31-37-43-65-59-77(81-53-47-71(101-81)57-69(63-89)87(91)93-55-41-35-29-23-17-11-5)97-85(65)79-61-67(45-39-33-27-21-15-9-3)83(99-79)75-51-49-73(95-75)74-50-52-76(96-74)84-68(46-40-34-28-22-16-10-4)62-80(100-84)86-66(44-38-32-26-20-14-8-2)60-78(98-86)82-54-48-72(102-82)58-70(64-90)88(92)94-56-42-36-30-24-18-12-6/h47-54,57-62H,7-46,55-56H2,1-6H3/b69-57+,70-58+. The van der Waals surface area contributed by atoms with Gasteiger partial charge in [-0.3, -0.25) is 0 Å². The second-order valence-corrected chi connectivity index (χ2v) is 38.9. The first-order chi connectivity index (χ1) is 50.1. The van der Waals surface area contributed by atoms with Crippen molar-refractivity contribution in [1.82, 2.24) is 0 Å². The van der Waals surface area contributed by atoms with Crippen LogP contribution in [0.1, 0.15) is 304 Å². The second-order valence-electron chi connectivity index (χ2n) is 27.8. The molecular weight excluding hydrogens is 1500 g/mol. The Balaban J connectivity index is 1.08.